The molecule has 3 N–H and O–H groups in total. The number of hydrogen-bond acceptors (Lipinski definition) is 7. The molecule has 0 unspecified atom stereocenters. The maximum absolute atomic E-state index is 13.7. The molecule has 5 heterocycles. The smallest absolute Gasteiger partial charge is 0.343 e. The number of carbonyl (C=O) groups is 2. The molecule has 0 atom stereocenters. The minimum atomic E-state index is -4.88. The van der Waals surface area contributed by atoms with Gasteiger partial charge in [-0.1, -0.05) is 6.92 Å². The normalized spacial score (nSPS) is 15.8. The Labute approximate surface area is 247 Å². The van der Waals surface area contributed by atoms with Crippen molar-refractivity contribution < 1.29 is 31.5 Å². The summed E-state index contributed by atoms with van der Waals surface area (Å²) in [6.07, 6.45) is -2.39. The quantitative estimate of drug-likeness (QED) is 0.247. The van der Waals surface area contributed by atoms with Crippen LogP contribution >= 0.6 is 0 Å². The number of hydrogen-bond donors (Lipinski definition) is 3. The van der Waals surface area contributed by atoms with Crippen molar-refractivity contribution in [3.63, 3.8) is 0 Å². The van der Waals surface area contributed by atoms with E-state index in [0.29, 0.717) is 41.0 Å². The number of halogens is 5. The number of aryl methyl sites for hydroxylation is 1. The molecule has 2 saturated heterocycles. The largest absolute Gasteiger partial charge is 0.435 e. The fourth-order valence-corrected chi connectivity index (χ4v) is 5.59. The Bertz CT molecular complexity index is 1720. The molecule has 16 heteroatoms. The predicted molar refractivity (Wildman–Crippen MR) is 149 cm³/mol. The highest BCUT2D eigenvalue weighted by molar-refractivity contribution is 5.98. The molecule has 2 amide bonds. The fourth-order valence-electron chi connectivity index (χ4n) is 5.59. The van der Waals surface area contributed by atoms with Crippen molar-refractivity contribution in [1.29, 1.82) is 0 Å². The van der Waals surface area contributed by atoms with E-state index >= 15 is 0 Å². The van der Waals surface area contributed by atoms with Gasteiger partial charge in [-0.2, -0.15) is 18.3 Å². The van der Waals surface area contributed by atoms with Gasteiger partial charge in [0.2, 0.25) is 5.91 Å². The van der Waals surface area contributed by atoms with E-state index in [1.807, 2.05) is 6.92 Å². The average molecular weight is 618 g/mol. The van der Waals surface area contributed by atoms with Gasteiger partial charge in [-0.25, -0.2) is 18.7 Å². The molecule has 1 spiro atoms. The van der Waals surface area contributed by atoms with Crippen molar-refractivity contribution >= 4 is 29.0 Å². The Morgan fingerprint density at radius 2 is 1.93 bits per heavy atom. The molecule has 0 radical (unpaired) electrons. The van der Waals surface area contributed by atoms with Crippen LogP contribution in [0.15, 0.2) is 43.0 Å². The molecule has 44 heavy (non-hydrogen) atoms. The molecule has 3 aromatic heterocycles. The van der Waals surface area contributed by atoms with Crippen LogP contribution in [0.2, 0.25) is 0 Å². The van der Waals surface area contributed by atoms with Gasteiger partial charge in [-0.15, -0.1) is 0 Å². The molecule has 2 fully saturated rings. The molecule has 2 aliphatic rings. The van der Waals surface area contributed by atoms with Crippen molar-refractivity contribution in [2.24, 2.45) is 5.41 Å². The number of nitrogens with zero attached hydrogens (tertiary/aromatic N) is 6. The first-order valence-corrected chi connectivity index (χ1v) is 13.9. The third-order valence-electron chi connectivity index (χ3n) is 7.86. The van der Waals surface area contributed by atoms with Gasteiger partial charge in [-0.3, -0.25) is 18.7 Å². The number of rotatable bonds is 9. The number of imidazole rings is 1. The number of likely N-dealkylation sites (tertiary alicyclic amines) is 1. The second kappa shape index (κ2) is 11.2. The molecule has 232 valence electrons. The summed E-state index contributed by atoms with van der Waals surface area (Å²) in [6, 6.07) is 5.00. The van der Waals surface area contributed by atoms with Crippen LogP contribution in [-0.4, -0.2) is 80.0 Å². The zero-order chi connectivity index (χ0) is 31.2. The third-order valence-corrected chi connectivity index (χ3v) is 7.86. The van der Waals surface area contributed by atoms with Gasteiger partial charge in [0, 0.05) is 61.4 Å². The fraction of sp³-hybridized carbons (Fsp3) is 0.393. The van der Waals surface area contributed by atoms with Gasteiger partial charge < -0.3 is 20.9 Å². The summed E-state index contributed by atoms with van der Waals surface area (Å²) in [5.74, 6) is -0.298. The first-order chi connectivity index (χ1) is 21.0. The molecule has 1 aromatic carbocycles. The Morgan fingerprint density at radius 1 is 1.16 bits per heavy atom. The van der Waals surface area contributed by atoms with E-state index in [1.165, 1.54) is 23.0 Å². The summed E-state index contributed by atoms with van der Waals surface area (Å²) in [6.45, 7) is 3.98. The summed E-state index contributed by atoms with van der Waals surface area (Å²) >= 11 is 0. The van der Waals surface area contributed by atoms with E-state index in [-0.39, 0.29) is 40.9 Å². The highest BCUT2D eigenvalue weighted by Crippen LogP contribution is 2.37. The number of anilines is 2. The molecule has 0 bridgehead atoms. The third kappa shape index (κ3) is 5.56. The summed E-state index contributed by atoms with van der Waals surface area (Å²) in [7, 11) is 0. The van der Waals surface area contributed by atoms with Gasteiger partial charge in [0.05, 0.1) is 24.0 Å². The van der Waals surface area contributed by atoms with Crippen LogP contribution in [0.4, 0.5) is 33.5 Å². The number of benzene rings is 1. The Balaban J connectivity index is 1.19. The lowest BCUT2D eigenvalue weighted by atomic mass is 9.74. The molecule has 2 aliphatic heterocycles. The zero-order valence-electron chi connectivity index (χ0n) is 23.5. The first-order valence-electron chi connectivity index (χ1n) is 13.9. The van der Waals surface area contributed by atoms with Crippen LogP contribution in [0.25, 0.3) is 16.9 Å². The Kier molecular flexibility index (Phi) is 7.47. The van der Waals surface area contributed by atoms with Gasteiger partial charge in [0.1, 0.15) is 6.54 Å². The van der Waals surface area contributed by atoms with E-state index in [1.54, 1.807) is 23.1 Å². The van der Waals surface area contributed by atoms with E-state index < -0.39 is 30.4 Å². The van der Waals surface area contributed by atoms with Crippen LogP contribution < -0.4 is 16.0 Å². The lowest BCUT2D eigenvalue weighted by molar-refractivity contribution is -0.145. The van der Waals surface area contributed by atoms with E-state index in [0.717, 1.165) is 19.3 Å². The van der Waals surface area contributed by atoms with Gasteiger partial charge in [0.15, 0.2) is 17.2 Å². The number of carbonyl (C=O) groups excluding carboxylic acids is 2. The molecule has 4 aromatic rings. The molecule has 11 nitrogen and oxygen atoms in total. The lowest BCUT2D eigenvalue weighted by Crippen LogP contribution is -2.72. The minimum absolute atomic E-state index is 0.00754. The van der Waals surface area contributed by atoms with Crippen molar-refractivity contribution in [1.82, 2.24) is 39.7 Å². The second-order valence-corrected chi connectivity index (χ2v) is 11.0. The number of amides is 2. The first kappa shape index (κ1) is 29.5. The highest BCUT2D eigenvalue weighted by Gasteiger charge is 2.49. The van der Waals surface area contributed by atoms with Crippen molar-refractivity contribution in [3.8, 4) is 11.3 Å². The standard InChI is InChI=1S/C28H28F5N9O2/c1-2-16-7-17(3-4-18(16)26(44)37-9-22(43)40-14-27(15-40)12-34-13-27)38-24-25-36-8-20(42(25)6-5-35-24)19-10-41(11-21(29)30)39-23(19)28(31,32)33/h3-8,10,21,34H,2,9,11-15H2,1H3,(H,35,38)(H,37,44). The van der Waals surface area contributed by atoms with Gasteiger partial charge in [-0.05, 0) is 30.2 Å². The number of alkyl halides is 5. The van der Waals surface area contributed by atoms with Gasteiger partial charge in [0.25, 0.3) is 12.3 Å². The van der Waals surface area contributed by atoms with Crippen LogP contribution in [0.1, 0.15) is 28.5 Å². The average Bonchev–Trinajstić information content (AvgIpc) is 3.54. The molecule has 6 rings (SSSR count). The van der Waals surface area contributed by atoms with Crippen LogP contribution in [0.5, 0.6) is 0 Å². The Hall–Kier alpha value is -4.60. The van der Waals surface area contributed by atoms with E-state index in [4.69, 9.17) is 0 Å². The zero-order valence-corrected chi connectivity index (χ0v) is 23.5. The number of aromatic nitrogens is 5. The predicted octanol–water partition coefficient (Wildman–Crippen LogP) is 3.34. The molecular weight excluding hydrogens is 589 g/mol. The van der Waals surface area contributed by atoms with E-state index in [2.05, 4.69) is 31.0 Å². The maximum Gasteiger partial charge on any atom is 0.435 e. The summed E-state index contributed by atoms with van der Waals surface area (Å²) in [5.41, 5.74) is 0.302. The van der Waals surface area contributed by atoms with Crippen molar-refractivity contribution in [2.45, 2.75) is 32.5 Å². The van der Waals surface area contributed by atoms with Crippen molar-refractivity contribution in [3.05, 3.63) is 59.8 Å². The SMILES string of the molecule is CCc1cc(Nc2nccn3c(-c4cn(CC(F)F)nc4C(F)(F)F)cnc23)ccc1C(=O)NCC(=O)N1CC2(CNC2)C1. The topological polar surface area (TPSA) is 121 Å². The minimum Gasteiger partial charge on any atom is -0.343 e. The number of fused-ring (bicyclic) bond motifs is 1. The van der Waals surface area contributed by atoms with Crippen molar-refractivity contribution in [2.75, 3.05) is 38.0 Å². The number of nitrogens with one attached hydrogen (secondary N) is 3. The monoisotopic (exact) mass is 617 g/mol. The summed E-state index contributed by atoms with van der Waals surface area (Å²) in [4.78, 5) is 35.7. The summed E-state index contributed by atoms with van der Waals surface area (Å²) in [5, 5.41) is 12.4. The molecule has 0 saturated carbocycles. The Morgan fingerprint density at radius 3 is 2.59 bits per heavy atom. The van der Waals surface area contributed by atoms with Crippen LogP contribution in [-0.2, 0) is 23.9 Å². The second-order valence-electron chi connectivity index (χ2n) is 11.0. The van der Waals surface area contributed by atoms with E-state index in [9.17, 15) is 31.5 Å². The molecule has 0 aliphatic carbocycles. The summed E-state index contributed by atoms with van der Waals surface area (Å²) < 4.78 is 68.9. The van der Waals surface area contributed by atoms with Crippen LogP contribution in [0, 0.1) is 5.41 Å². The van der Waals surface area contributed by atoms with Gasteiger partial charge >= 0.3 is 6.18 Å². The lowest BCUT2D eigenvalue weighted by Gasteiger charge is -2.56. The highest BCUT2D eigenvalue weighted by atomic mass is 19.4. The maximum atomic E-state index is 13.7. The molecular formula is C28H28F5N9O2. The van der Waals surface area contributed by atoms with Crippen LogP contribution in [0.3, 0.4) is 0 Å².